The van der Waals surface area contributed by atoms with Crippen LogP contribution in [0.2, 0.25) is 0 Å². The SMILES string of the molecule is CC(=O)OCCCCc1cccc2c1OCc1sccc1C2=O. The van der Waals surface area contributed by atoms with E-state index >= 15 is 0 Å². The van der Waals surface area contributed by atoms with Crippen molar-refractivity contribution in [1.29, 1.82) is 0 Å². The molecular weight excluding hydrogens is 312 g/mol. The molecule has 0 N–H and O–H groups in total. The molecule has 1 aliphatic rings. The maximum absolute atomic E-state index is 12.7. The smallest absolute Gasteiger partial charge is 0.302 e. The van der Waals surface area contributed by atoms with Crippen molar-refractivity contribution < 1.29 is 19.1 Å². The maximum atomic E-state index is 12.7. The number of thiophene rings is 1. The third kappa shape index (κ3) is 3.45. The van der Waals surface area contributed by atoms with Crippen LogP contribution in [0.1, 0.15) is 46.1 Å². The summed E-state index contributed by atoms with van der Waals surface area (Å²) in [5.41, 5.74) is 2.43. The summed E-state index contributed by atoms with van der Waals surface area (Å²) in [6, 6.07) is 7.59. The molecule has 120 valence electrons. The first-order valence-corrected chi connectivity index (χ1v) is 8.54. The van der Waals surface area contributed by atoms with E-state index in [2.05, 4.69) is 0 Å². The summed E-state index contributed by atoms with van der Waals surface area (Å²) in [5, 5.41) is 1.93. The Kier molecular flexibility index (Phi) is 4.76. The Morgan fingerprint density at radius 2 is 2.13 bits per heavy atom. The van der Waals surface area contributed by atoms with E-state index in [1.807, 2.05) is 29.6 Å². The highest BCUT2D eigenvalue weighted by Crippen LogP contribution is 2.34. The standard InChI is InChI=1S/C18H18O4S/c1-12(19)21-9-3-2-5-13-6-4-7-15-17(20)14-8-10-23-16(14)11-22-18(13)15/h4,6-8,10H,2-3,5,9,11H2,1H3. The molecule has 23 heavy (non-hydrogen) atoms. The van der Waals surface area contributed by atoms with E-state index in [0.717, 1.165) is 35.3 Å². The predicted octanol–water partition coefficient (Wildman–Crippen LogP) is 3.76. The Balaban J connectivity index is 1.73. The number of fused-ring (bicyclic) bond motifs is 2. The minimum absolute atomic E-state index is 0.0375. The Bertz CT molecular complexity index is 732. The molecule has 4 nitrogen and oxygen atoms in total. The van der Waals surface area contributed by atoms with Gasteiger partial charge in [-0.15, -0.1) is 11.3 Å². The largest absolute Gasteiger partial charge is 0.487 e. The molecule has 0 spiro atoms. The van der Waals surface area contributed by atoms with Crippen molar-refractivity contribution in [3.63, 3.8) is 0 Å². The molecular formula is C18H18O4S. The van der Waals surface area contributed by atoms with Crippen LogP contribution in [0.5, 0.6) is 5.75 Å². The molecule has 0 radical (unpaired) electrons. The number of aryl methyl sites for hydroxylation is 1. The van der Waals surface area contributed by atoms with Gasteiger partial charge in [-0.25, -0.2) is 0 Å². The average molecular weight is 330 g/mol. The highest BCUT2D eigenvalue weighted by atomic mass is 32.1. The first-order chi connectivity index (χ1) is 11.2. The van der Waals surface area contributed by atoms with Gasteiger partial charge >= 0.3 is 5.97 Å². The summed E-state index contributed by atoms with van der Waals surface area (Å²) in [5.74, 6) is 0.488. The maximum Gasteiger partial charge on any atom is 0.302 e. The quantitative estimate of drug-likeness (QED) is 0.619. The zero-order chi connectivity index (χ0) is 16.2. The summed E-state index contributed by atoms with van der Waals surface area (Å²) in [6.07, 6.45) is 2.47. The zero-order valence-electron chi connectivity index (χ0n) is 13.0. The van der Waals surface area contributed by atoms with Gasteiger partial charge in [-0.1, -0.05) is 12.1 Å². The van der Waals surface area contributed by atoms with Crippen molar-refractivity contribution in [2.24, 2.45) is 0 Å². The van der Waals surface area contributed by atoms with Gasteiger partial charge in [0, 0.05) is 12.5 Å². The molecule has 0 amide bonds. The molecule has 0 unspecified atom stereocenters. The van der Waals surface area contributed by atoms with E-state index in [0.29, 0.717) is 24.5 Å². The van der Waals surface area contributed by atoms with Crippen molar-refractivity contribution in [2.45, 2.75) is 32.8 Å². The summed E-state index contributed by atoms with van der Waals surface area (Å²) in [6.45, 7) is 2.28. The number of ketones is 1. The van der Waals surface area contributed by atoms with Gasteiger partial charge in [-0.3, -0.25) is 9.59 Å². The van der Waals surface area contributed by atoms with E-state index in [1.54, 1.807) is 11.3 Å². The molecule has 5 heteroatoms. The van der Waals surface area contributed by atoms with Crippen LogP contribution >= 0.6 is 11.3 Å². The number of benzene rings is 1. The van der Waals surface area contributed by atoms with E-state index in [-0.39, 0.29) is 11.8 Å². The van der Waals surface area contributed by atoms with Gasteiger partial charge in [0.2, 0.25) is 0 Å². The first-order valence-electron chi connectivity index (χ1n) is 7.66. The van der Waals surface area contributed by atoms with E-state index < -0.39 is 0 Å². The molecule has 0 bridgehead atoms. The van der Waals surface area contributed by atoms with Crippen LogP contribution < -0.4 is 4.74 Å². The van der Waals surface area contributed by atoms with Crippen LogP contribution in [-0.4, -0.2) is 18.4 Å². The number of ether oxygens (including phenoxy) is 2. The molecule has 1 aliphatic heterocycles. The Hall–Kier alpha value is -2.14. The normalized spacial score (nSPS) is 12.8. The number of esters is 1. The molecule has 3 rings (SSSR count). The molecule has 1 aromatic carbocycles. The van der Waals surface area contributed by atoms with Gasteiger partial charge in [0.15, 0.2) is 5.78 Å². The Morgan fingerprint density at radius 1 is 1.26 bits per heavy atom. The van der Waals surface area contributed by atoms with Crippen molar-refractivity contribution >= 4 is 23.1 Å². The molecule has 2 aromatic rings. The van der Waals surface area contributed by atoms with Crippen LogP contribution in [0.15, 0.2) is 29.6 Å². The lowest BCUT2D eigenvalue weighted by Crippen LogP contribution is -2.04. The van der Waals surface area contributed by atoms with E-state index in [4.69, 9.17) is 9.47 Å². The molecule has 1 aromatic heterocycles. The number of hydrogen-bond donors (Lipinski definition) is 0. The van der Waals surface area contributed by atoms with Crippen LogP contribution in [0, 0.1) is 0 Å². The van der Waals surface area contributed by atoms with Gasteiger partial charge in [0.1, 0.15) is 12.4 Å². The lowest BCUT2D eigenvalue weighted by molar-refractivity contribution is -0.141. The van der Waals surface area contributed by atoms with Crippen molar-refractivity contribution in [2.75, 3.05) is 6.61 Å². The second kappa shape index (κ2) is 6.96. The average Bonchev–Trinajstić information content (AvgIpc) is 2.95. The van der Waals surface area contributed by atoms with Gasteiger partial charge in [0.05, 0.1) is 17.0 Å². The van der Waals surface area contributed by atoms with E-state index in [1.165, 1.54) is 6.92 Å². The number of carbonyl (C=O) groups is 2. The highest BCUT2D eigenvalue weighted by molar-refractivity contribution is 7.10. The van der Waals surface area contributed by atoms with Crippen molar-refractivity contribution in [3.05, 3.63) is 51.2 Å². The third-order valence-corrected chi connectivity index (χ3v) is 4.72. The number of unbranched alkanes of at least 4 members (excludes halogenated alkanes) is 1. The molecule has 2 heterocycles. The Labute approximate surface area is 139 Å². The number of hydrogen-bond acceptors (Lipinski definition) is 5. The Morgan fingerprint density at radius 3 is 2.96 bits per heavy atom. The number of para-hydroxylation sites is 1. The predicted molar refractivity (Wildman–Crippen MR) is 88.1 cm³/mol. The summed E-state index contributed by atoms with van der Waals surface area (Å²) >= 11 is 1.55. The first kappa shape index (κ1) is 15.7. The van der Waals surface area contributed by atoms with Gasteiger partial charge in [-0.05, 0) is 42.3 Å². The van der Waals surface area contributed by atoms with Crippen LogP contribution in [0.4, 0.5) is 0 Å². The van der Waals surface area contributed by atoms with Crippen LogP contribution in [0.25, 0.3) is 0 Å². The zero-order valence-corrected chi connectivity index (χ0v) is 13.8. The molecule has 0 fully saturated rings. The lowest BCUT2D eigenvalue weighted by Gasteiger charge is -2.12. The molecule has 0 saturated heterocycles. The summed E-state index contributed by atoms with van der Waals surface area (Å²) in [4.78, 5) is 24.4. The minimum atomic E-state index is -0.251. The second-order valence-electron chi connectivity index (χ2n) is 5.47. The monoisotopic (exact) mass is 330 g/mol. The van der Waals surface area contributed by atoms with Crippen molar-refractivity contribution in [3.8, 4) is 5.75 Å². The molecule has 0 aliphatic carbocycles. The highest BCUT2D eigenvalue weighted by Gasteiger charge is 2.24. The summed E-state index contributed by atoms with van der Waals surface area (Å²) < 4.78 is 10.9. The number of rotatable bonds is 5. The van der Waals surface area contributed by atoms with Gasteiger partial charge < -0.3 is 9.47 Å². The topological polar surface area (TPSA) is 52.6 Å². The molecule has 0 saturated carbocycles. The lowest BCUT2D eigenvalue weighted by atomic mass is 9.99. The fourth-order valence-electron chi connectivity index (χ4n) is 2.70. The van der Waals surface area contributed by atoms with Crippen LogP contribution in [-0.2, 0) is 22.6 Å². The fourth-order valence-corrected chi connectivity index (χ4v) is 3.48. The van der Waals surface area contributed by atoms with Crippen LogP contribution in [0.3, 0.4) is 0 Å². The van der Waals surface area contributed by atoms with Crippen molar-refractivity contribution in [1.82, 2.24) is 0 Å². The second-order valence-corrected chi connectivity index (χ2v) is 6.47. The van der Waals surface area contributed by atoms with Gasteiger partial charge in [0.25, 0.3) is 0 Å². The van der Waals surface area contributed by atoms with Gasteiger partial charge in [-0.2, -0.15) is 0 Å². The molecule has 0 atom stereocenters. The number of carbonyl (C=O) groups excluding carboxylic acids is 2. The third-order valence-electron chi connectivity index (χ3n) is 3.82. The fraction of sp³-hybridized carbons (Fsp3) is 0.333. The van der Waals surface area contributed by atoms with E-state index in [9.17, 15) is 9.59 Å². The summed E-state index contributed by atoms with van der Waals surface area (Å²) in [7, 11) is 0. The minimum Gasteiger partial charge on any atom is -0.487 e.